The summed E-state index contributed by atoms with van der Waals surface area (Å²) >= 11 is 0. The van der Waals surface area contributed by atoms with Crippen molar-refractivity contribution in [3.05, 3.63) is 0 Å². The van der Waals surface area contributed by atoms with Gasteiger partial charge in [-0.05, 0) is 63.3 Å². The highest BCUT2D eigenvalue weighted by Gasteiger charge is 2.42. The molecule has 2 bridgehead atoms. The summed E-state index contributed by atoms with van der Waals surface area (Å²) in [5.41, 5.74) is 0. The summed E-state index contributed by atoms with van der Waals surface area (Å²) in [7, 11) is 0. The zero-order valence-electron chi connectivity index (χ0n) is 11.2. The number of carbonyl (C=O) groups excluding carboxylic acids is 1. The van der Waals surface area contributed by atoms with E-state index < -0.39 is 0 Å². The third-order valence-corrected chi connectivity index (χ3v) is 5.18. The second-order valence-corrected chi connectivity index (χ2v) is 6.28. The summed E-state index contributed by atoms with van der Waals surface area (Å²) < 4.78 is 0. The van der Waals surface area contributed by atoms with Crippen molar-refractivity contribution >= 4 is 18.3 Å². The molecule has 0 aromatic heterocycles. The molecule has 0 radical (unpaired) electrons. The van der Waals surface area contributed by atoms with Crippen molar-refractivity contribution in [2.75, 3.05) is 6.54 Å². The van der Waals surface area contributed by atoms with E-state index in [-0.39, 0.29) is 24.4 Å². The molecule has 1 amide bonds. The normalized spacial score (nSPS) is 39.4. The number of fused-ring (bicyclic) bond motifs is 2. The summed E-state index contributed by atoms with van der Waals surface area (Å²) in [5, 5.41) is 6.52. The monoisotopic (exact) mass is 272 g/mol. The summed E-state index contributed by atoms with van der Waals surface area (Å²) in [6.07, 6.45) is 7.76. The van der Waals surface area contributed by atoms with Gasteiger partial charge in [-0.3, -0.25) is 4.79 Å². The molecule has 5 atom stereocenters. The zero-order chi connectivity index (χ0) is 11.8. The average Bonchev–Trinajstić information content (AvgIpc) is 3.05. The predicted octanol–water partition coefficient (Wildman–Crippen LogP) is 2.10. The van der Waals surface area contributed by atoms with Gasteiger partial charge in [0.1, 0.15) is 0 Å². The van der Waals surface area contributed by atoms with E-state index in [1.54, 1.807) is 0 Å². The van der Waals surface area contributed by atoms with Crippen molar-refractivity contribution in [1.29, 1.82) is 0 Å². The first-order valence-corrected chi connectivity index (χ1v) is 7.28. The number of rotatable bonds is 3. The molecule has 18 heavy (non-hydrogen) atoms. The lowest BCUT2D eigenvalue weighted by atomic mass is 9.84. The van der Waals surface area contributed by atoms with Crippen LogP contribution in [-0.2, 0) is 4.79 Å². The van der Waals surface area contributed by atoms with Gasteiger partial charge in [0.15, 0.2) is 0 Å². The predicted molar refractivity (Wildman–Crippen MR) is 74.8 cm³/mol. The van der Waals surface area contributed by atoms with Crippen LogP contribution in [-0.4, -0.2) is 24.5 Å². The molecule has 1 aliphatic heterocycles. The SMILES string of the molecule is CC(NC(=O)C1CCCN1)C1CC2CCC1C2.Cl. The fourth-order valence-corrected chi connectivity index (χ4v) is 4.25. The van der Waals surface area contributed by atoms with Crippen LogP contribution < -0.4 is 10.6 Å². The largest absolute Gasteiger partial charge is 0.352 e. The Bertz CT molecular complexity index is 304. The van der Waals surface area contributed by atoms with Gasteiger partial charge in [-0.1, -0.05) is 6.42 Å². The summed E-state index contributed by atoms with van der Waals surface area (Å²) in [4.78, 5) is 12.0. The van der Waals surface area contributed by atoms with E-state index in [0.29, 0.717) is 6.04 Å². The fraction of sp³-hybridized carbons (Fsp3) is 0.929. The van der Waals surface area contributed by atoms with Crippen molar-refractivity contribution in [2.24, 2.45) is 17.8 Å². The number of hydrogen-bond donors (Lipinski definition) is 2. The van der Waals surface area contributed by atoms with Crippen LogP contribution in [0, 0.1) is 17.8 Å². The van der Waals surface area contributed by atoms with Gasteiger partial charge in [-0.25, -0.2) is 0 Å². The smallest absolute Gasteiger partial charge is 0.237 e. The van der Waals surface area contributed by atoms with E-state index in [4.69, 9.17) is 0 Å². The summed E-state index contributed by atoms with van der Waals surface area (Å²) in [6.45, 7) is 3.21. The molecule has 2 saturated carbocycles. The Morgan fingerprint density at radius 1 is 1.28 bits per heavy atom. The zero-order valence-corrected chi connectivity index (χ0v) is 12.0. The molecular formula is C14H25ClN2O. The van der Waals surface area contributed by atoms with Crippen molar-refractivity contribution in [3.8, 4) is 0 Å². The number of hydrogen-bond acceptors (Lipinski definition) is 2. The van der Waals surface area contributed by atoms with Crippen LogP contribution in [0.4, 0.5) is 0 Å². The third-order valence-electron chi connectivity index (χ3n) is 5.18. The van der Waals surface area contributed by atoms with Gasteiger partial charge in [-0.15, -0.1) is 12.4 Å². The molecule has 1 saturated heterocycles. The van der Waals surface area contributed by atoms with Crippen LogP contribution in [0.5, 0.6) is 0 Å². The molecule has 3 fully saturated rings. The number of carbonyl (C=O) groups is 1. The van der Waals surface area contributed by atoms with Gasteiger partial charge in [-0.2, -0.15) is 0 Å². The van der Waals surface area contributed by atoms with E-state index >= 15 is 0 Å². The molecular weight excluding hydrogens is 248 g/mol. The van der Waals surface area contributed by atoms with Gasteiger partial charge in [0.25, 0.3) is 0 Å². The minimum atomic E-state index is 0. The Balaban J connectivity index is 0.00000120. The summed E-state index contributed by atoms with van der Waals surface area (Å²) in [5.74, 6) is 2.85. The topological polar surface area (TPSA) is 41.1 Å². The van der Waals surface area contributed by atoms with Crippen LogP contribution >= 0.6 is 12.4 Å². The number of nitrogens with one attached hydrogen (secondary N) is 2. The minimum Gasteiger partial charge on any atom is -0.352 e. The maximum absolute atomic E-state index is 12.0. The first-order valence-electron chi connectivity index (χ1n) is 7.28. The lowest BCUT2D eigenvalue weighted by molar-refractivity contribution is -0.123. The minimum absolute atomic E-state index is 0. The van der Waals surface area contributed by atoms with Crippen molar-refractivity contribution in [2.45, 2.75) is 57.5 Å². The maximum atomic E-state index is 12.0. The quantitative estimate of drug-likeness (QED) is 0.826. The van der Waals surface area contributed by atoms with Crippen molar-refractivity contribution < 1.29 is 4.79 Å². The van der Waals surface area contributed by atoms with E-state index in [0.717, 1.165) is 37.1 Å². The molecule has 3 nitrogen and oxygen atoms in total. The average molecular weight is 273 g/mol. The van der Waals surface area contributed by atoms with E-state index in [1.165, 1.54) is 25.7 Å². The molecule has 0 aromatic carbocycles. The van der Waals surface area contributed by atoms with Crippen LogP contribution in [0.3, 0.4) is 0 Å². The second kappa shape index (κ2) is 5.79. The molecule has 2 aliphatic carbocycles. The Morgan fingerprint density at radius 2 is 2.11 bits per heavy atom. The van der Waals surface area contributed by atoms with Gasteiger partial charge < -0.3 is 10.6 Å². The van der Waals surface area contributed by atoms with Crippen LogP contribution in [0.2, 0.25) is 0 Å². The lowest BCUT2D eigenvalue weighted by Gasteiger charge is -2.29. The lowest BCUT2D eigenvalue weighted by Crippen LogP contribution is -2.47. The molecule has 5 unspecified atom stereocenters. The molecule has 3 aliphatic rings. The van der Waals surface area contributed by atoms with Crippen LogP contribution in [0.15, 0.2) is 0 Å². The molecule has 3 rings (SSSR count). The highest BCUT2D eigenvalue weighted by Crippen LogP contribution is 2.49. The highest BCUT2D eigenvalue weighted by molar-refractivity contribution is 5.85. The molecule has 104 valence electrons. The fourth-order valence-electron chi connectivity index (χ4n) is 4.25. The first kappa shape index (κ1) is 14.1. The number of halogens is 1. The van der Waals surface area contributed by atoms with Crippen molar-refractivity contribution in [3.63, 3.8) is 0 Å². The van der Waals surface area contributed by atoms with Gasteiger partial charge in [0, 0.05) is 6.04 Å². The Morgan fingerprint density at radius 3 is 2.67 bits per heavy atom. The maximum Gasteiger partial charge on any atom is 0.237 e. The third kappa shape index (κ3) is 2.67. The Labute approximate surface area is 116 Å². The van der Waals surface area contributed by atoms with Crippen molar-refractivity contribution in [1.82, 2.24) is 10.6 Å². The van der Waals surface area contributed by atoms with Gasteiger partial charge >= 0.3 is 0 Å². The molecule has 0 spiro atoms. The van der Waals surface area contributed by atoms with Crippen LogP contribution in [0.1, 0.15) is 45.4 Å². The molecule has 4 heteroatoms. The Hall–Kier alpha value is -0.280. The number of amides is 1. The molecule has 2 N–H and O–H groups in total. The summed E-state index contributed by atoms with van der Waals surface area (Å²) in [6, 6.07) is 0.455. The van der Waals surface area contributed by atoms with E-state index in [9.17, 15) is 4.79 Å². The molecule has 1 heterocycles. The van der Waals surface area contributed by atoms with Gasteiger partial charge in [0.2, 0.25) is 5.91 Å². The standard InChI is InChI=1S/C14H24N2O.ClH/c1-9(12-8-10-4-5-11(12)7-10)16-14(17)13-3-2-6-15-13;/h9-13,15H,2-8H2,1H3,(H,16,17);1H. The van der Waals surface area contributed by atoms with E-state index in [1.807, 2.05) is 0 Å². The highest BCUT2D eigenvalue weighted by atomic mass is 35.5. The first-order chi connectivity index (χ1) is 8.24. The second-order valence-electron chi connectivity index (χ2n) is 6.28. The Kier molecular flexibility index (Phi) is 4.54. The van der Waals surface area contributed by atoms with Gasteiger partial charge in [0.05, 0.1) is 6.04 Å². The van der Waals surface area contributed by atoms with Crippen LogP contribution in [0.25, 0.3) is 0 Å². The van der Waals surface area contributed by atoms with E-state index in [2.05, 4.69) is 17.6 Å². The molecule has 0 aromatic rings.